The number of alkyl halides is 3. The first kappa shape index (κ1) is 26.8. The Balaban J connectivity index is 1.79. The number of nitriles is 1. The molecule has 12 heteroatoms. The van der Waals surface area contributed by atoms with E-state index in [0.717, 1.165) is 12.8 Å². The number of nitrogens with one attached hydrogen (secondary N) is 3. The van der Waals surface area contributed by atoms with Crippen LogP contribution in [0.1, 0.15) is 59.3 Å². The van der Waals surface area contributed by atoms with Gasteiger partial charge in [-0.25, -0.2) is 0 Å². The number of carbonyl (C=O) groups is 4. The van der Waals surface area contributed by atoms with Gasteiger partial charge in [-0.2, -0.15) is 18.4 Å². The van der Waals surface area contributed by atoms with Crippen LogP contribution in [-0.2, 0) is 19.2 Å². The highest BCUT2D eigenvalue weighted by Crippen LogP contribution is 2.55. The second-order valence-corrected chi connectivity index (χ2v) is 11.0. The molecule has 3 fully saturated rings. The number of nitrogens with zero attached hydrogens (tertiary/aromatic N) is 2. The number of hydrogen-bond acceptors (Lipinski definition) is 5. The van der Waals surface area contributed by atoms with Gasteiger partial charge in [0.25, 0.3) is 0 Å². The zero-order chi connectivity index (χ0) is 26.2. The minimum atomic E-state index is -5.16. The third-order valence-electron chi connectivity index (χ3n) is 7.23. The first-order valence-electron chi connectivity index (χ1n) is 11.8. The Hall–Kier alpha value is -2.84. The fourth-order valence-corrected chi connectivity index (χ4v) is 4.86. The highest BCUT2D eigenvalue weighted by Gasteiger charge is 2.53. The Bertz CT molecular complexity index is 920. The van der Waals surface area contributed by atoms with E-state index in [-0.39, 0.29) is 24.3 Å². The zero-order valence-electron chi connectivity index (χ0n) is 20.1. The smallest absolute Gasteiger partial charge is 0.356 e. The molecule has 3 N–H and O–H groups in total. The predicted molar refractivity (Wildman–Crippen MR) is 117 cm³/mol. The van der Waals surface area contributed by atoms with Crippen LogP contribution in [0.15, 0.2) is 0 Å². The normalized spacial score (nSPS) is 25.3. The van der Waals surface area contributed by atoms with Gasteiger partial charge in [-0.3, -0.25) is 19.2 Å². The summed E-state index contributed by atoms with van der Waals surface area (Å²) in [5, 5.41) is 16.7. The second kappa shape index (κ2) is 9.66. The molecule has 0 aromatic carbocycles. The second-order valence-electron chi connectivity index (χ2n) is 11.0. The van der Waals surface area contributed by atoms with Gasteiger partial charge in [-0.1, -0.05) is 20.8 Å². The fraction of sp³-hybridized carbons (Fsp3) is 0.783. The summed E-state index contributed by atoms with van der Waals surface area (Å²) in [6.07, 6.45) is -1.77. The molecule has 35 heavy (non-hydrogen) atoms. The van der Waals surface area contributed by atoms with Crippen LogP contribution in [0.3, 0.4) is 0 Å². The summed E-state index contributed by atoms with van der Waals surface area (Å²) in [6, 6.07) is -1.45. The molecule has 0 radical (unpaired) electrons. The molecule has 0 bridgehead atoms. The molecule has 3 rings (SSSR count). The van der Waals surface area contributed by atoms with E-state index in [4.69, 9.17) is 0 Å². The summed E-state index contributed by atoms with van der Waals surface area (Å²) in [7, 11) is 0. The number of amides is 4. The number of carbonyl (C=O) groups excluding carboxylic acids is 4. The number of likely N-dealkylation sites (tertiary alicyclic amines) is 1. The molecule has 194 valence electrons. The van der Waals surface area contributed by atoms with Gasteiger partial charge in [-0.05, 0) is 49.4 Å². The lowest BCUT2D eigenvalue weighted by atomic mass is 9.82. The van der Waals surface area contributed by atoms with Crippen molar-refractivity contribution in [2.45, 2.75) is 83.6 Å². The molecular weight excluding hydrogens is 467 g/mol. The molecule has 4 atom stereocenters. The van der Waals surface area contributed by atoms with E-state index in [0.29, 0.717) is 25.8 Å². The Morgan fingerprint density at radius 1 is 1.20 bits per heavy atom. The first-order valence-corrected chi connectivity index (χ1v) is 11.8. The first-order chi connectivity index (χ1) is 16.2. The summed E-state index contributed by atoms with van der Waals surface area (Å²) in [4.78, 5) is 51.5. The third-order valence-corrected chi connectivity index (χ3v) is 7.23. The molecule has 9 nitrogen and oxygen atoms in total. The van der Waals surface area contributed by atoms with Crippen LogP contribution in [0.5, 0.6) is 0 Å². The van der Waals surface area contributed by atoms with Crippen molar-refractivity contribution in [3.8, 4) is 6.07 Å². The van der Waals surface area contributed by atoms with Gasteiger partial charge in [-0.15, -0.1) is 0 Å². The summed E-state index contributed by atoms with van der Waals surface area (Å²) in [5.41, 5.74) is -1.16. The number of piperidine rings is 1. The number of hydrogen-bond donors (Lipinski definition) is 3. The Morgan fingerprint density at radius 2 is 1.86 bits per heavy atom. The van der Waals surface area contributed by atoms with Crippen LogP contribution in [0, 0.1) is 28.1 Å². The van der Waals surface area contributed by atoms with Gasteiger partial charge in [0.15, 0.2) is 0 Å². The summed E-state index contributed by atoms with van der Waals surface area (Å²) in [5.74, 6) is -4.15. The largest absolute Gasteiger partial charge is 0.471 e. The van der Waals surface area contributed by atoms with E-state index >= 15 is 0 Å². The fourth-order valence-electron chi connectivity index (χ4n) is 4.86. The molecule has 2 heterocycles. The number of rotatable bonds is 6. The van der Waals surface area contributed by atoms with Crippen molar-refractivity contribution in [2.24, 2.45) is 16.7 Å². The Labute approximate surface area is 202 Å². The van der Waals surface area contributed by atoms with Gasteiger partial charge in [0, 0.05) is 19.0 Å². The van der Waals surface area contributed by atoms with Crippen LogP contribution >= 0.6 is 0 Å². The van der Waals surface area contributed by atoms with E-state index < -0.39 is 53.4 Å². The molecule has 4 unspecified atom stereocenters. The van der Waals surface area contributed by atoms with Crippen molar-refractivity contribution in [2.75, 3.05) is 13.1 Å². The topological polar surface area (TPSA) is 131 Å². The minimum Gasteiger partial charge on any atom is -0.356 e. The Morgan fingerprint density at radius 3 is 2.34 bits per heavy atom. The van der Waals surface area contributed by atoms with Crippen LogP contribution < -0.4 is 16.0 Å². The van der Waals surface area contributed by atoms with Crippen molar-refractivity contribution >= 4 is 23.6 Å². The highest BCUT2D eigenvalue weighted by atomic mass is 19.4. The SMILES string of the molecule is CC(C)(C)C(NC(=O)C(F)(F)F)C(=O)N1CCC2(CC2)CC1C(=O)NC(C#N)CC1CCNC1=O. The number of halogens is 3. The maximum atomic E-state index is 13.5. The van der Waals surface area contributed by atoms with Gasteiger partial charge >= 0.3 is 12.1 Å². The molecule has 4 amide bonds. The van der Waals surface area contributed by atoms with Gasteiger partial charge in [0.05, 0.1) is 6.07 Å². The van der Waals surface area contributed by atoms with Crippen molar-refractivity contribution in [3.63, 3.8) is 0 Å². The predicted octanol–water partition coefficient (Wildman–Crippen LogP) is 1.39. The molecule has 1 aliphatic carbocycles. The molecule has 2 saturated heterocycles. The monoisotopic (exact) mass is 499 g/mol. The highest BCUT2D eigenvalue weighted by molar-refractivity contribution is 5.94. The molecular formula is C23H32F3N5O4. The van der Waals surface area contributed by atoms with Gasteiger partial charge < -0.3 is 20.9 Å². The summed E-state index contributed by atoms with van der Waals surface area (Å²) < 4.78 is 38.8. The lowest BCUT2D eigenvalue weighted by Crippen LogP contribution is -2.63. The van der Waals surface area contributed by atoms with E-state index in [9.17, 15) is 37.6 Å². The third kappa shape index (κ3) is 6.24. The van der Waals surface area contributed by atoms with Crippen LogP contribution in [0.4, 0.5) is 13.2 Å². The zero-order valence-corrected chi connectivity index (χ0v) is 20.1. The molecule has 0 aromatic rings. The van der Waals surface area contributed by atoms with Crippen molar-refractivity contribution in [3.05, 3.63) is 0 Å². The lowest BCUT2D eigenvalue weighted by molar-refractivity contribution is -0.176. The lowest BCUT2D eigenvalue weighted by Gasteiger charge is -2.43. The molecule has 1 spiro atoms. The van der Waals surface area contributed by atoms with E-state index in [2.05, 4.69) is 10.6 Å². The van der Waals surface area contributed by atoms with Gasteiger partial charge in [0.1, 0.15) is 18.1 Å². The molecule has 3 aliphatic rings. The average molecular weight is 500 g/mol. The molecule has 1 saturated carbocycles. The van der Waals surface area contributed by atoms with Gasteiger partial charge in [0.2, 0.25) is 17.7 Å². The van der Waals surface area contributed by atoms with E-state index in [1.807, 2.05) is 11.4 Å². The van der Waals surface area contributed by atoms with Crippen LogP contribution in [-0.4, -0.2) is 65.9 Å². The maximum absolute atomic E-state index is 13.5. The standard InChI is InChI=1S/C23H32F3N5O4/c1-21(2,3)16(30-20(35)23(24,25)26)19(34)31-9-7-22(5-6-22)11-15(31)18(33)29-14(12-27)10-13-4-8-28-17(13)32/h13-16H,4-11H2,1-3H3,(H,28,32)(H,29,33)(H,30,35). The summed E-state index contributed by atoms with van der Waals surface area (Å²) >= 11 is 0. The van der Waals surface area contributed by atoms with E-state index in [1.165, 1.54) is 25.7 Å². The van der Waals surface area contributed by atoms with Crippen LogP contribution in [0.2, 0.25) is 0 Å². The van der Waals surface area contributed by atoms with Crippen molar-refractivity contribution in [1.29, 1.82) is 5.26 Å². The Kier molecular flexibility index (Phi) is 7.39. The maximum Gasteiger partial charge on any atom is 0.471 e. The van der Waals surface area contributed by atoms with Crippen molar-refractivity contribution < 1.29 is 32.3 Å². The minimum absolute atomic E-state index is 0.0985. The molecule has 0 aromatic heterocycles. The summed E-state index contributed by atoms with van der Waals surface area (Å²) in [6.45, 7) is 5.26. The van der Waals surface area contributed by atoms with Crippen molar-refractivity contribution in [1.82, 2.24) is 20.9 Å². The molecule has 2 aliphatic heterocycles. The average Bonchev–Trinajstić information content (AvgIpc) is 3.39. The quantitative estimate of drug-likeness (QED) is 0.508. The van der Waals surface area contributed by atoms with Crippen LogP contribution in [0.25, 0.3) is 0 Å². The van der Waals surface area contributed by atoms with E-state index in [1.54, 1.807) is 0 Å².